The molecule has 4 saturated carbocycles. The first-order chi connectivity index (χ1) is 11.0. The molecule has 0 aromatic carbocycles. The van der Waals surface area contributed by atoms with Crippen LogP contribution in [0.4, 0.5) is 5.88 Å². The van der Waals surface area contributed by atoms with Gasteiger partial charge in [0.25, 0.3) is 5.91 Å². The third-order valence-corrected chi connectivity index (χ3v) is 6.10. The van der Waals surface area contributed by atoms with Crippen molar-refractivity contribution in [3.63, 3.8) is 0 Å². The van der Waals surface area contributed by atoms with E-state index in [9.17, 15) is 14.9 Å². The lowest BCUT2D eigenvalue weighted by atomic mass is 9.49. The van der Waals surface area contributed by atoms with Crippen LogP contribution < -0.4 is 5.32 Å². The van der Waals surface area contributed by atoms with Crippen molar-refractivity contribution in [2.75, 3.05) is 6.54 Å². The van der Waals surface area contributed by atoms with E-state index in [4.69, 9.17) is 4.42 Å². The number of nitrogens with one attached hydrogen (secondary N) is 1. The second-order valence-corrected chi connectivity index (χ2v) is 7.82. The summed E-state index contributed by atoms with van der Waals surface area (Å²) in [5, 5.41) is 13.5. The zero-order valence-electron chi connectivity index (χ0n) is 13.1. The fraction of sp³-hybridized carbons (Fsp3) is 0.706. The molecule has 0 radical (unpaired) electrons. The maximum atomic E-state index is 12.0. The van der Waals surface area contributed by atoms with E-state index in [-0.39, 0.29) is 11.7 Å². The molecule has 1 aromatic heterocycles. The Bertz CT molecular complexity index is 601. The number of carbonyl (C=O) groups excluding carboxylic acids is 1. The maximum absolute atomic E-state index is 12.0. The SMILES string of the molecule is O=C(NCCC12CC3CC(CC(C3)C1)C2)c1ccc([N+](=O)[O-])o1. The minimum absolute atomic E-state index is 0.0159. The maximum Gasteiger partial charge on any atom is 0.433 e. The molecule has 23 heavy (non-hydrogen) atoms. The lowest BCUT2D eigenvalue weighted by Gasteiger charge is -2.57. The molecule has 0 aliphatic heterocycles. The number of hydrogen-bond acceptors (Lipinski definition) is 4. The van der Waals surface area contributed by atoms with Crippen molar-refractivity contribution < 1.29 is 14.1 Å². The zero-order chi connectivity index (χ0) is 16.0. The van der Waals surface area contributed by atoms with Crippen molar-refractivity contribution >= 4 is 11.8 Å². The monoisotopic (exact) mass is 318 g/mol. The molecule has 6 heteroatoms. The van der Waals surface area contributed by atoms with Crippen LogP contribution in [0.15, 0.2) is 16.5 Å². The van der Waals surface area contributed by atoms with E-state index < -0.39 is 10.8 Å². The van der Waals surface area contributed by atoms with Crippen LogP contribution in [0.5, 0.6) is 0 Å². The van der Waals surface area contributed by atoms with E-state index in [0.717, 1.165) is 24.2 Å². The first-order valence-electron chi connectivity index (χ1n) is 8.55. The average Bonchev–Trinajstić information content (AvgIpc) is 2.95. The molecule has 5 rings (SSSR count). The zero-order valence-corrected chi connectivity index (χ0v) is 13.1. The summed E-state index contributed by atoms with van der Waals surface area (Å²) in [5.41, 5.74) is 0.428. The van der Waals surface area contributed by atoms with Crippen molar-refractivity contribution in [1.29, 1.82) is 0 Å². The van der Waals surface area contributed by atoms with Gasteiger partial charge in [-0.05, 0) is 74.2 Å². The fourth-order valence-electron chi connectivity index (χ4n) is 5.67. The summed E-state index contributed by atoms with van der Waals surface area (Å²) in [5.74, 6) is 1.99. The number of nitrogens with zero attached hydrogens (tertiary/aromatic N) is 1. The average molecular weight is 318 g/mol. The third kappa shape index (κ3) is 2.75. The van der Waals surface area contributed by atoms with Crippen LogP contribution in [-0.2, 0) is 0 Å². The largest absolute Gasteiger partial charge is 0.433 e. The van der Waals surface area contributed by atoms with Crippen molar-refractivity contribution in [2.24, 2.45) is 23.2 Å². The van der Waals surface area contributed by atoms with Crippen LogP contribution in [0.1, 0.15) is 55.5 Å². The van der Waals surface area contributed by atoms with Crippen LogP contribution in [0.2, 0.25) is 0 Å². The van der Waals surface area contributed by atoms with E-state index >= 15 is 0 Å². The highest BCUT2D eigenvalue weighted by Gasteiger charge is 2.50. The predicted molar refractivity (Wildman–Crippen MR) is 82.9 cm³/mol. The summed E-state index contributed by atoms with van der Waals surface area (Å²) in [4.78, 5) is 22.0. The highest BCUT2D eigenvalue weighted by atomic mass is 16.6. The molecule has 0 saturated heterocycles. The Labute approximate surface area is 134 Å². The molecule has 0 unspecified atom stereocenters. The third-order valence-electron chi connectivity index (χ3n) is 6.10. The van der Waals surface area contributed by atoms with Crippen LogP contribution in [0.3, 0.4) is 0 Å². The normalized spacial score (nSPS) is 34.5. The van der Waals surface area contributed by atoms with Crippen LogP contribution in [0, 0.1) is 33.3 Å². The Morgan fingerprint density at radius 3 is 2.35 bits per heavy atom. The Morgan fingerprint density at radius 2 is 1.83 bits per heavy atom. The Morgan fingerprint density at radius 1 is 1.22 bits per heavy atom. The van der Waals surface area contributed by atoms with Crippen LogP contribution in [0.25, 0.3) is 0 Å². The smallest absolute Gasteiger partial charge is 0.395 e. The number of carbonyl (C=O) groups is 1. The van der Waals surface area contributed by atoms with Gasteiger partial charge in [0.05, 0.1) is 6.07 Å². The molecule has 0 atom stereocenters. The minimum Gasteiger partial charge on any atom is -0.395 e. The lowest BCUT2D eigenvalue weighted by molar-refractivity contribution is -0.402. The van der Waals surface area contributed by atoms with Gasteiger partial charge in [0, 0.05) is 6.54 Å². The molecule has 1 N–H and O–H groups in total. The summed E-state index contributed by atoms with van der Waals surface area (Å²) >= 11 is 0. The highest BCUT2D eigenvalue weighted by Crippen LogP contribution is 2.61. The molecule has 1 heterocycles. The molecular weight excluding hydrogens is 296 g/mol. The highest BCUT2D eigenvalue weighted by molar-refractivity contribution is 5.91. The Hall–Kier alpha value is -1.85. The predicted octanol–water partition coefficient (Wildman–Crippen LogP) is 3.52. The lowest BCUT2D eigenvalue weighted by Crippen LogP contribution is -2.47. The van der Waals surface area contributed by atoms with Gasteiger partial charge in [-0.3, -0.25) is 14.9 Å². The quantitative estimate of drug-likeness (QED) is 0.665. The van der Waals surface area contributed by atoms with Crippen LogP contribution in [-0.4, -0.2) is 17.4 Å². The van der Waals surface area contributed by atoms with E-state index in [1.54, 1.807) is 0 Å². The molecule has 6 nitrogen and oxygen atoms in total. The van der Waals surface area contributed by atoms with Crippen molar-refractivity contribution in [2.45, 2.75) is 44.9 Å². The van der Waals surface area contributed by atoms with Gasteiger partial charge in [-0.25, -0.2) is 0 Å². The Balaban J connectivity index is 1.33. The fourth-order valence-corrected chi connectivity index (χ4v) is 5.67. The summed E-state index contributed by atoms with van der Waals surface area (Å²) in [6, 6.07) is 2.58. The molecule has 1 aromatic rings. The standard InChI is InChI=1S/C17H22N2O4/c20-16(14-1-2-15(23-14)19(21)22)18-4-3-17-8-11-5-12(9-17)7-13(6-11)10-17/h1-2,11-13H,3-10H2,(H,18,20). The number of furan rings is 1. The molecule has 4 fully saturated rings. The number of amides is 1. The summed E-state index contributed by atoms with van der Waals surface area (Å²) < 4.78 is 4.94. The minimum atomic E-state index is -0.633. The molecule has 124 valence electrons. The second-order valence-electron chi connectivity index (χ2n) is 7.82. The van der Waals surface area contributed by atoms with Gasteiger partial charge in [-0.2, -0.15) is 0 Å². The van der Waals surface area contributed by atoms with E-state index in [1.165, 1.54) is 50.7 Å². The van der Waals surface area contributed by atoms with Crippen molar-refractivity contribution in [3.8, 4) is 0 Å². The van der Waals surface area contributed by atoms with Gasteiger partial charge >= 0.3 is 5.88 Å². The molecule has 4 bridgehead atoms. The topological polar surface area (TPSA) is 85.4 Å². The van der Waals surface area contributed by atoms with Gasteiger partial charge in [-0.15, -0.1) is 0 Å². The number of nitro groups is 1. The first-order valence-corrected chi connectivity index (χ1v) is 8.55. The Kier molecular flexibility index (Phi) is 3.43. The number of hydrogen-bond donors (Lipinski definition) is 1. The van der Waals surface area contributed by atoms with Gasteiger partial charge in [-0.1, -0.05) is 0 Å². The van der Waals surface area contributed by atoms with Gasteiger partial charge < -0.3 is 9.73 Å². The van der Waals surface area contributed by atoms with E-state index in [2.05, 4.69) is 5.32 Å². The van der Waals surface area contributed by atoms with E-state index in [1.807, 2.05) is 0 Å². The molecule has 4 aliphatic carbocycles. The van der Waals surface area contributed by atoms with Crippen LogP contribution >= 0.6 is 0 Å². The summed E-state index contributed by atoms with van der Waals surface area (Å²) in [7, 11) is 0. The van der Waals surface area contributed by atoms with E-state index in [0.29, 0.717) is 12.0 Å². The molecular formula is C17H22N2O4. The van der Waals surface area contributed by atoms with Gasteiger partial charge in [0.1, 0.15) is 4.92 Å². The first kappa shape index (κ1) is 14.7. The molecule has 0 spiro atoms. The summed E-state index contributed by atoms with van der Waals surface area (Å²) in [6.45, 7) is 0.624. The van der Waals surface area contributed by atoms with Gasteiger partial charge in [0.15, 0.2) is 5.76 Å². The van der Waals surface area contributed by atoms with Gasteiger partial charge in [0.2, 0.25) is 0 Å². The second kappa shape index (κ2) is 5.35. The summed E-state index contributed by atoms with van der Waals surface area (Å²) in [6.07, 6.45) is 9.24. The number of rotatable bonds is 5. The molecule has 1 amide bonds. The van der Waals surface area contributed by atoms with Crippen molar-refractivity contribution in [1.82, 2.24) is 5.32 Å². The van der Waals surface area contributed by atoms with Crippen molar-refractivity contribution in [3.05, 3.63) is 28.0 Å². The molecule has 4 aliphatic rings.